The van der Waals surface area contributed by atoms with E-state index in [0.29, 0.717) is 13.1 Å². The Bertz CT molecular complexity index is 598. The van der Waals surface area contributed by atoms with Gasteiger partial charge in [-0.05, 0) is 25.1 Å². The molecule has 0 aliphatic rings. The number of benzene rings is 1. The van der Waals surface area contributed by atoms with Crippen molar-refractivity contribution in [3.8, 4) is 0 Å². The summed E-state index contributed by atoms with van der Waals surface area (Å²) in [6.45, 7) is 3.35. The van der Waals surface area contributed by atoms with Crippen molar-refractivity contribution in [2.75, 3.05) is 7.05 Å². The first-order valence-corrected chi connectivity index (χ1v) is 7.12. The lowest BCUT2D eigenvalue weighted by atomic mass is 10.0. The zero-order chi connectivity index (χ0) is 14.5. The average molecular weight is 291 g/mol. The van der Waals surface area contributed by atoms with E-state index < -0.39 is 5.97 Å². The van der Waals surface area contributed by atoms with Crippen molar-refractivity contribution in [3.05, 3.63) is 45.4 Å². The van der Waals surface area contributed by atoms with Crippen LogP contribution in [0.3, 0.4) is 0 Å². The highest BCUT2D eigenvalue weighted by molar-refractivity contribution is 7.11. The van der Waals surface area contributed by atoms with Gasteiger partial charge in [0.05, 0.1) is 13.0 Å². The van der Waals surface area contributed by atoms with Gasteiger partial charge in [-0.2, -0.15) is 0 Å². The lowest BCUT2D eigenvalue weighted by molar-refractivity contribution is -0.136. The molecular formula is C14H17N3O2S. The van der Waals surface area contributed by atoms with Crippen molar-refractivity contribution in [2.24, 2.45) is 0 Å². The molecule has 2 aromatic rings. The summed E-state index contributed by atoms with van der Waals surface area (Å²) < 4.78 is 0. The molecule has 0 saturated heterocycles. The first kappa shape index (κ1) is 14.6. The topological polar surface area (TPSA) is 66.3 Å². The van der Waals surface area contributed by atoms with Crippen LogP contribution in [0.2, 0.25) is 0 Å². The van der Waals surface area contributed by atoms with E-state index in [2.05, 4.69) is 15.1 Å². The Morgan fingerprint density at radius 3 is 2.55 bits per heavy atom. The fraction of sp³-hybridized carbons (Fsp3) is 0.357. The van der Waals surface area contributed by atoms with Crippen molar-refractivity contribution in [3.63, 3.8) is 0 Å². The van der Waals surface area contributed by atoms with Crippen molar-refractivity contribution in [1.29, 1.82) is 0 Å². The number of nitrogens with zero attached hydrogens (tertiary/aromatic N) is 3. The van der Waals surface area contributed by atoms with Crippen LogP contribution in [-0.4, -0.2) is 33.2 Å². The Balaban J connectivity index is 2.03. The van der Waals surface area contributed by atoms with E-state index in [4.69, 9.17) is 5.11 Å². The molecule has 0 spiro atoms. The third-order valence-electron chi connectivity index (χ3n) is 2.87. The number of hydrogen-bond donors (Lipinski definition) is 1. The zero-order valence-electron chi connectivity index (χ0n) is 11.5. The van der Waals surface area contributed by atoms with Crippen LogP contribution >= 0.6 is 11.3 Å². The van der Waals surface area contributed by atoms with Crippen molar-refractivity contribution in [1.82, 2.24) is 15.1 Å². The van der Waals surface area contributed by atoms with E-state index in [1.807, 2.05) is 38.2 Å². The van der Waals surface area contributed by atoms with Crippen molar-refractivity contribution >= 4 is 17.3 Å². The zero-order valence-corrected chi connectivity index (χ0v) is 12.4. The molecule has 20 heavy (non-hydrogen) atoms. The number of rotatable bonds is 6. The molecule has 0 saturated carbocycles. The standard InChI is InChI=1S/C14H17N3O2S/c1-10-15-16-13(20-10)9-17(2)8-12-6-4-3-5-11(12)7-14(18)19/h3-6H,7-9H2,1-2H3,(H,18,19). The highest BCUT2D eigenvalue weighted by atomic mass is 32.1. The second-order valence-electron chi connectivity index (χ2n) is 4.73. The number of carboxylic acids is 1. The molecular weight excluding hydrogens is 274 g/mol. The van der Waals surface area contributed by atoms with E-state index >= 15 is 0 Å². The minimum absolute atomic E-state index is 0.0575. The number of carboxylic acid groups (broad SMARTS) is 1. The largest absolute Gasteiger partial charge is 0.481 e. The van der Waals surface area contributed by atoms with Crippen molar-refractivity contribution in [2.45, 2.75) is 26.4 Å². The molecule has 0 aliphatic carbocycles. The maximum atomic E-state index is 10.9. The van der Waals surface area contributed by atoms with E-state index in [1.165, 1.54) is 0 Å². The molecule has 2 rings (SSSR count). The molecule has 0 fully saturated rings. The smallest absolute Gasteiger partial charge is 0.307 e. The van der Waals surface area contributed by atoms with Crippen molar-refractivity contribution < 1.29 is 9.90 Å². The van der Waals surface area contributed by atoms with E-state index in [1.54, 1.807) is 11.3 Å². The molecule has 0 bridgehead atoms. The van der Waals surface area contributed by atoms with Gasteiger partial charge < -0.3 is 5.11 Å². The Labute approximate surface area is 121 Å². The first-order valence-electron chi connectivity index (χ1n) is 6.30. The van der Waals surface area contributed by atoms with Gasteiger partial charge in [0.1, 0.15) is 10.0 Å². The number of aromatic nitrogens is 2. The molecule has 0 radical (unpaired) electrons. The molecule has 0 aliphatic heterocycles. The molecule has 106 valence electrons. The van der Waals surface area contributed by atoms with Gasteiger partial charge in [-0.15, -0.1) is 21.5 Å². The van der Waals surface area contributed by atoms with Gasteiger partial charge in [-0.3, -0.25) is 9.69 Å². The van der Waals surface area contributed by atoms with Crippen LogP contribution in [0, 0.1) is 6.92 Å². The number of carbonyl (C=O) groups is 1. The summed E-state index contributed by atoms with van der Waals surface area (Å²) in [5.74, 6) is -0.806. The summed E-state index contributed by atoms with van der Waals surface area (Å²) in [5.41, 5.74) is 1.90. The van der Waals surface area contributed by atoms with Gasteiger partial charge in [-0.1, -0.05) is 24.3 Å². The van der Waals surface area contributed by atoms with Gasteiger partial charge in [0, 0.05) is 6.54 Å². The molecule has 1 heterocycles. The van der Waals surface area contributed by atoms with Crippen LogP contribution in [0.1, 0.15) is 21.1 Å². The Morgan fingerprint density at radius 2 is 1.95 bits per heavy atom. The van der Waals surface area contributed by atoms with Gasteiger partial charge in [-0.25, -0.2) is 0 Å². The lowest BCUT2D eigenvalue weighted by Crippen LogP contribution is -2.18. The third kappa shape index (κ3) is 4.11. The average Bonchev–Trinajstić information content (AvgIpc) is 2.76. The molecule has 0 atom stereocenters. The van der Waals surface area contributed by atoms with Crippen LogP contribution in [0.15, 0.2) is 24.3 Å². The van der Waals surface area contributed by atoms with Crippen LogP contribution in [0.4, 0.5) is 0 Å². The van der Waals surface area contributed by atoms with E-state index in [-0.39, 0.29) is 6.42 Å². The van der Waals surface area contributed by atoms with E-state index in [9.17, 15) is 4.79 Å². The van der Waals surface area contributed by atoms with Gasteiger partial charge in [0.15, 0.2) is 0 Å². The summed E-state index contributed by atoms with van der Waals surface area (Å²) in [5, 5.41) is 19.0. The molecule has 6 heteroatoms. The summed E-state index contributed by atoms with van der Waals surface area (Å²) in [7, 11) is 1.99. The molecule has 5 nitrogen and oxygen atoms in total. The summed E-state index contributed by atoms with van der Waals surface area (Å²) in [4.78, 5) is 13.0. The highest BCUT2D eigenvalue weighted by Gasteiger charge is 2.10. The lowest BCUT2D eigenvalue weighted by Gasteiger charge is -2.17. The predicted octanol–water partition coefficient (Wildman–Crippen LogP) is 2.11. The van der Waals surface area contributed by atoms with Gasteiger partial charge in [0.25, 0.3) is 0 Å². The molecule has 0 amide bonds. The fourth-order valence-corrected chi connectivity index (χ4v) is 2.82. The van der Waals surface area contributed by atoms with Gasteiger partial charge in [0.2, 0.25) is 0 Å². The first-order chi connectivity index (χ1) is 9.54. The quantitative estimate of drug-likeness (QED) is 0.883. The molecule has 1 aromatic heterocycles. The van der Waals surface area contributed by atoms with Gasteiger partial charge >= 0.3 is 5.97 Å². The van der Waals surface area contributed by atoms with Crippen LogP contribution in [0.5, 0.6) is 0 Å². The Kier molecular flexibility index (Phi) is 4.81. The maximum Gasteiger partial charge on any atom is 0.307 e. The normalized spacial score (nSPS) is 10.9. The monoisotopic (exact) mass is 291 g/mol. The molecule has 0 unspecified atom stereocenters. The van der Waals surface area contributed by atoms with Crippen LogP contribution in [0.25, 0.3) is 0 Å². The van der Waals surface area contributed by atoms with E-state index in [0.717, 1.165) is 21.1 Å². The second-order valence-corrected chi connectivity index (χ2v) is 5.99. The number of hydrogen-bond acceptors (Lipinski definition) is 5. The molecule has 1 aromatic carbocycles. The summed E-state index contributed by atoms with van der Waals surface area (Å²) in [6, 6.07) is 7.64. The molecule has 1 N–H and O–H groups in total. The second kappa shape index (κ2) is 6.58. The third-order valence-corrected chi connectivity index (χ3v) is 3.70. The highest BCUT2D eigenvalue weighted by Crippen LogP contribution is 2.15. The summed E-state index contributed by atoms with van der Waals surface area (Å²) >= 11 is 1.58. The predicted molar refractivity (Wildman–Crippen MR) is 77.6 cm³/mol. The SMILES string of the molecule is Cc1nnc(CN(C)Cc2ccccc2CC(=O)O)s1. The minimum atomic E-state index is -0.806. The van der Waals surface area contributed by atoms with Crippen LogP contribution in [-0.2, 0) is 24.3 Å². The maximum absolute atomic E-state index is 10.9. The van der Waals surface area contributed by atoms with Crippen LogP contribution < -0.4 is 0 Å². The Morgan fingerprint density at radius 1 is 1.25 bits per heavy atom. The minimum Gasteiger partial charge on any atom is -0.481 e. The fourth-order valence-electron chi connectivity index (χ4n) is 2.03. The number of aliphatic carboxylic acids is 1. The summed E-state index contributed by atoms with van der Waals surface area (Å²) in [6.07, 6.45) is 0.0575. The number of aryl methyl sites for hydroxylation is 1. The Hall–Kier alpha value is -1.79.